The van der Waals surface area contributed by atoms with E-state index >= 15 is 0 Å². The molecule has 0 saturated carbocycles. The molecule has 3 N–H and O–H groups in total. The highest BCUT2D eigenvalue weighted by molar-refractivity contribution is 5.97. The van der Waals surface area contributed by atoms with E-state index < -0.39 is 30.1 Å². The van der Waals surface area contributed by atoms with Gasteiger partial charge in [-0.2, -0.15) is 0 Å². The summed E-state index contributed by atoms with van der Waals surface area (Å²) in [6.45, 7) is 1.81. The molecule has 1 aliphatic carbocycles. The van der Waals surface area contributed by atoms with Gasteiger partial charge in [0.2, 0.25) is 11.8 Å². The molecule has 2 aromatic rings. The Morgan fingerprint density at radius 2 is 1.86 bits per heavy atom. The average molecular weight is 595 g/mol. The summed E-state index contributed by atoms with van der Waals surface area (Å²) in [6.07, 6.45) is 4.20. The molecule has 11 nitrogen and oxygen atoms in total. The van der Waals surface area contributed by atoms with E-state index in [9.17, 15) is 24.6 Å². The number of rotatable bonds is 13. The number of amides is 2. The van der Waals surface area contributed by atoms with Crippen molar-refractivity contribution in [2.45, 2.75) is 43.9 Å². The minimum atomic E-state index is -1.25. The summed E-state index contributed by atoms with van der Waals surface area (Å²) in [4.78, 5) is 40.3. The summed E-state index contributed by atoms with van der Waals surface area (Å²) in [5.41, 5.74) is 1.87. The van der Waals surface area contributed by atoms with E-state index in [0.29, 0.717) is 47.5 Å². The number of fused-ring (bicyclic) bond motifs is 3. The second-order valence-electron chi connectivity index (χ2n) is 10.2. The predicted molar refractivity (Wildman–Crippen MR) is 158 cm³/mol. The lowest BCUT2D eigenvalue weighted by atomic mass is 9.77. The van der Waals surface area contributed by atoms with Gasteiger partial charge in [0.15, 0.2) is 11.5 Å². The molecular formula is C32H38N2O9. The van der Waals surface area contributed by atoms with Crippen molar-refractivity contribution in [2.24, 2.45) is 0 Å². The van der Waals surface area contributed by atoms with Crippen molar-refractivity contribution >= 4 is 18.1 Å². The number of carbonyl (C=O) groups excluding carboxylic acids is 3. The third-order valence-electron chi connectivity index (χ3n) is 7.66. The molecule has 1 aliphatic heterocycles. The maximum Gasteiger partial charge on any atom is 0.247 e. The Hall–Kier alpha value is -4.35. The standard InChI is InChI=1S/C32H38N2O9/c1-5-6-7-27(37)34(12-10-20-16-21(40-2)8-9-25(20)41-3)24-17-23(32(39)33-11-13-35)28-22-14-19(18-36)15-26(42-4)30(22)43-31(28)29(24)38/h6-9,14-18,24,28-29,31,35,38H,5,10-13H2,1-4H3,(H,33,39). The van der Waals surface area contributed by atoms with Crippen LogP contribution in [0.3, 0.4) is 0 Å². The first-order valence-electron chi connectivity index (χ1n) is 14.1. The minimum Gasteiger partial charge on any atom is -0.497 e. The van der Waals surface area contributed by atoms with Crippen molar-refractivity contribution in [1.29, 1.82) is 0 Å². The summed E-state index contributed by atoms with van der Waals surface area (Å²) in [7, 11) is 4.56. The molecule has 4 unspecified atom stereocenters. The maximum atomic E-state index is 13.6. The van der Waals surface area contributed by atoms with Crippen molar-refractivity contribution < 1.29 is 43.5 Å². The van der Waals surface area contributed by atoms with Crippen LogP contribution in [0.25, 0.3) is 0 Å². The highest BCUT2D eigenvalue weighted by atomic mass is 16.5. The van der Waals surface area contributed by atoms with Gasteiger partial charge in [0, 0.05) is 29.8 Å². The van der Waals surface area contributed by atoms with Crippen molar-refractivity contribution in [3.63, 3.8) is 0 Å². The van der Waals surface area contributed by atoms with Crippen LogP contribution in [0.15, 0.2) is 54.1 Å². The summed E-state index contributed by atoms with van der Waals surface area (Å²) in [6, 6.07) is 7.57. The zero-order chi connectivity index (χ0) is 31.1. The quantitative estimate of drug-likeness (QED) is 0.235. The summed E-state index contributed by atoms with van der Waals surface area (Å²) in [5.74, 6) is 0.255. The topological polar surface area (TPSA) is 144 Å². The third kappa shape index (κ3) is 6.52. The van der Waals surface area contributed by atoms with Crippen LogP contribution in [0.5, 0.6) is 23.0 Å². The molecule has 0 spiro atoms. The van der Waals surface area contributed by atoms with E-state index in [1.54, 1.807) is 44.6 Å². The maximum absolute atomic E-state index is 13.6. The van der Waals surface area contributed by atoms with Crippen LogP contribution in [-0.4, -0.2) is 92.5 Å². The van der Waals surface area contributed by atoms with Crippen LogP contribution in [0, 0.1) is 0 Å². The molecule has 11 heteroatoms. The fraction of sp³-hybridized carbons (Fsp3) is 0.406. The largest absolute Gasteiger partial charge is 0.497 e. The molecule has 2 aliphatic rings. The van der Waals surface area contributed by atoms with Gasteiger partial charge in [0.1, 0.15) is 30.0 Å². The highest BCUT2D eigenvalue weighted by Crippen LogP contribution is 2.51. The molecule has 2 amide bonds. The van der Waals surface area contributed by atoms with E-state index in [-0.39, 0.29) is 36.9 Å². The second-order valence-corrected chi connectivity index (χ2v) is 10.2. The van der Waals surface area contributed by atoms with Crippen LogP contribution in [0.2, 0.25) is 0 Å². The van der Waals surface area contributed by atoms with E-state index in [1.165, 1.54) is 24.2 Å². The number of hydrogen-bond acceptors (Lipinski definition) is 9. The van der Waals surface area contributed by atoms with Gasteiger partial charge in [-0.25, -0.2) is 0 Å². The number of aliphatic hydroxyl groups excluding tert-OH is 2. The number of allylic oxidation sites excluding steroid dienone is 1. The third-order valence-corrected chi connectivity index (χ3v) is 7.66. The minimum absolute atomic E-state index is 0.00368. The number of nitrogens with one attached hydrogen (secondary N) is 1. The molecule has 230 valence electrons. The smallest absolute Gasteiger partial charge is 0.247 e. The van der Waals surface area contributed by atoms with Gasteiger partial charge in [-0.05, 0) is 60.9 Å². The second kappa shape index (κ2) is 14.2. The highest BCUT2D eigenvalue weighted by Gasteiger charge is 2.51. The Balaban J connectivity index is 1.79. The SMILES string of the molecule is CCC=CC(=O)N(CCc1cc(OC)ccc1OC)C1C=C(C(=O)NCCO)C2c3cc(C=O)cc(OC)c3OC2C1O. The Morgan fingerprint density at radius 1 is 1.09 bits per heavy atom. The molecular weight excluding hydrogens is 556 g/mol. The Labute approximate surface area is 250 Å². The molecule has 4 rings (SSSR count). The number of benzene rings is 2. The summed E-state index contributed by atoms with van der Waals surface area (Å²) >= 11 is 0. The zero-order valence-corrected chi connectivity index (χ0v) is 24.7. The van der Waals surface area contributed by atoms with E-state index in [1.807, 2.05) is 13.0 Å². The van der Waals surface area contributed by atoms with Crippen LogP contribution in [0.1, 0.15) is 40.7 Å². The monoisotopic (exact) mass is 594 g/mol. The molecule has 2 aromatic carbocycles. The van der Waals surface area contributed by atoms with Crippen LogP contribution in [-0.2, 0) is 16.0 Å². The molecule has 0 radical (unpaired) electrons. The van der Waals surface area contributed by atoms with Gasteiger partial charge < -0.3 is 39.4 Å². The first-order chi connectivity index (χ1) is 20.8. The normalized spacial score (nSPS) is 20.4. The summed E-state index contributed by atoms with van der Waals surface area (Å²) < 4.78 is 22.6. The van der Waals surface area contributed by atoms with Crippen LogP contribution >= 0.6 is 0 Å². The molecule has 0 fully saturated rings. The lowest BCUT2D eigenvalue weighted by Crippen LogP contribution is -2.56. The number of aldehydes is 1. The molecule has 43 heavy (non-hydrogen) atoms. The van der Waals surface area contributed by atoms with Gasteiger partial charge in [0.05, 0.1) is 39.9 Å². The number of carbonyl (C=O) groups is 3. The molecule has 0 saturated heterocycles. The van der Waals surface area contributed by atoms with Crippen LogP contribution in [0.4, 0.5) is 0 Å². The first-order valence-corrected chi connectivity index (χ1v) is 14.1. The number of ether oxygens (including phenoxy) is 4. The van der Waals surface area contributed by atoms with E-state index in [4.69, 9.17) is 18.9 Å². The fourth-order valence-corrected chi connectivity index (χ4v) is 5.60. The molecule has 1 heterocycles. The van der Waals surface area contributed by atoms with E-state index in [0.717, 1.165) is 5.56 Å². The lowest BCUT2D eigenvalue weighted by Gasteiger charge is -2.40. The number of nitrogens with zero attached hydrogens (tertiary/aromatic N) is 1. The predicted octanol–water partition coefficient (Wildman–Crippen LogP) is 2.19. The molecule has 4 atom stereocenters. The van der Waals surface area contributed by atoms with Crippen molar-refractivity contribution in [2.75, 3.05) is 41.0 Å². The van der Waals surface area contributed by atoms with Gasteiger partial charge in [-0.3, -0.25) is 14.4 Å². The fourth-order valence-electron chi connectivity index (χ4n) is 5.60. The molecule has 0 aromatic heterocycles. The Morgan fingerprint density at radius 3 is 2.51 bits per heavy atom. The lowest BCUT2D eigenvalue weighted by molar-refractivity contribution is -0.132. The number of aliphatic hydroxyl groups is 2. The summed E-state index contributed by atoms with van der Waals surface area (Å²) in [5, 5.41) is 23.8. The van der Waals surface area contributed by atoms with Gasteiger partial charge in [-0.15, -0.1) is 0 Å². The Kier molecular flexibility index (Phi) is 10.4. The van der Waals surface area contributed by atoms with Gasteiger partial charge >= 0.3 is 0 Å². The van der Waals surface area contributed by atoms with Crippen molar-refractivity contribution in [3.05, 3.63) is 70.8 Å². The number of hydrogen-bond donors (Lipinski definition) is 3. The number of methoxy groups -OCH3 is 3. The van der Waals surface area contributed by atoms with Gasteiger partial charge in [0.25, 0.3) is 0 Å². The van der Waals surface area contributed by atoms with Crippen LogP contribution < -0.4 is 24.3 Å². The van der Waals surface area contributed by atoms with E-state index in [2.05, 4.69) is 5.32 Å². The Bertz CT molecular complexity index is 1400. The molecule has 0 bridgehead atoms. The van der Waals surface area contributed by atoms with Gasteiger partial charge in [-0.1, -0.05) is 13.0 Å². The van der Waals surface area contributed by atoms with Crippen molar-refractivity contribution in [3.8, 4) is 23.0 Å². The first kappa shape index (κ1) is 31.6. The zero-order valence-electron chi connectivity index (χ0n) is 24.7. The van der Waals surface area contributed by atoms with Crippen molar-refractivity contribution in [1.82, 2.24) is 10.2 Å². The average Bonchev–Trinajstić information content (AvgIpc) is 3.42.